The van der Waals surface area contributed by atoms with Gasteiger partial charge in [0, 0.05) is 12.1 Å². The number of aryl methyl sites for hydroxylation is 1. The van der Waals surface area contributed by atoms with Crippen LogP contribution in [0.2, 0.25) is 0 Å². The van der Waals surface area contributed by atoms with Crippen molar-refractivity contribution in [3.63, 3.8) is 0 Å². The van der Waals surface area contributed by atoms with Gasteiger partial charge in [-0.05, 0) is 56.9 Å². The van der Waals surface area contributed by atoms with E-state index in [0.29, 0.717) is 11.3 Å². The first-order valence-corrected chi connectivity index (χ1v) is 10.8. The number of nitrogens with one attached hydrogen (secondary N) is 2. The van der Waals surface area contributed by atoms with Crippen molar-refractivity contribution in [1.82, 2.24) is 10.0 Å². The van der Waals surface area contributed by atoms with Crippen LogP contribution in [-0.4, -0.2) is 33.0 Å². The highest BCUT2D eigenvalue weighted by molar-refractivity contribution is 7.89. The van der Waals surface area contributed by atoms with Crippen molar-refractivity contribution < 1.29 is 17.9 Å². The molecule has 1 amide bonds. The molecule has 1 aliphatic carbocycles. The topological polar surface area (TPSA) is 84.5 Å². The van der Waals surface area contributed by atoms with Crippen LogP contribution in [0.1, 0.15) is 57.9 Å². The fourth-order valence-electron chi connectivity index (χ4n) is 3.02. The van der Waals surface area contributed by atoms with E-state index in [1.54, 1.807) is 19.1 Å². The van der Waals surface area contributed by atoms with Gasteiger partial charge in [0.05, 0.1) is 4.90 Å². The van der Waals surface area contributed by atoms with Gasteiger partial charge in [0.2, 0.25) is 10.0 Å². The zero-order chi connectivity index (χ0) is 19.2. The zero-order valence-electron chi connectivity index (χ0n) is 15.9. The molecule has 1 aliphatic rings. The Morgan fingerprint density at radius 1 is 1.27 bits per heavy atom. The first-order chi connectivity index (χ1) is 12.3. The molecule has 1 aromatic rings. The number of sulfonamides is 1. The average molecular weight is 383 g/mol. The molecule has 0 heterocycles. The van der Waals surface area contributed by atoms with Gasteiger partial charge in [0.25, 0.3) is 5.91 Å². The van der Waals surface area contributed by atoms with E-state index >= 15 is 0 Å². The van der Waals surface area contributed by atoms with Crippen LogP contribution in [-0.2, 0) is 14.8 Å². The van der Waals surface area contributed by atoms with Gasteiger partial charge in [-0.2, -0.15) is 0 Å². The molecule has 1 atom stereocenters. The molecule has 1 aromatic carbocycles. The maximum Gasteiger partial charge on any atom is 0.258 e. The second-order valence-corrected chi connectivity index (χ2v) is 8.76. The van der Waals surface area contributed by atoms with Crippen LogP contribution in [0.3, 0.4) is 0 Å². The Kier molecular flexibility index (Phi) is 7.46. The molecule has 0 radical (unpaired) electrons. The summed E-state index contributed by atoms with van der Waals surface area (Å²) in [4.78, 5) is 12.0. The van der Waals surface area contributed by atoms with Crippen LogP contribution in [0.15, 0.2) is 23.1 Å². The minimum absolute atomic E-state index is 0.0224. The lowest BCUT2D eigenvalue weighted by Gasteiger charge is -2.22. The summed E-state index contributed by atoms with van der Waals surface area (Å²) in [6.45, 7) is 5.62. The Morgan fingerprint density at radius 3 is 2.58 bits per heavy atom. The lowest BCUT2D eigenvalue weighted by Crippen LogP contribution is -2.36. The Hall–Kier alpha value is -1.60. The van der Waals surface area contributed by atoms with Gasteiger partial charge in [0.1, 0.15) is 5.75 Å². The van der Waals surface area contributed by atoms with Crippen molar-refractivity contribution in [2.75, 3.05) is 6.61 Å². The number of hydrogen-bond donors (Lipinski definition) is 2. The molecule has 1 saturated carbocycles. The van der Waals surface area contributed by atoms with Crippen LogP contribution in [0.25, 0.3) is 0 Å². The van der Waals surface area contributed by atoms with Crippen LogP contribution >= 0.6 is 0 Å². The Labute approximate surface area is 156 Å². The van der Waals surface area contributed by atoms with E-state index in [1.165, 1.54) is 12.5 Å². The van der Waals surface area contributed by atoms with Crippen LogP contribution in [0, 0.1) is 6.92 Å². The molecule has 2 N–H and O–H groups in total. The first kappa shape index (κ1) is 20.7. The number of carbonyl (C=O) groups is 1. The summed E-state index contributed by atoms with van der Waals surface area (Å²) in [6.07, 6.45) is 5.95. The van der Waals surface area contributed by atoms with Gasteiger partial charge in [-0.1, -0.05) is 26.2 Å². The highest BCUT2D eigenvalue weighted by atomic mass is 32.2. The second-order valence-electron chi connectivity index (χ2n) is 7.05. The number of ether oxygens (including phenoxy) is 1. The quantitative estimate of drug-likeness (QED) is 0.724. The zero-order valence-corrected chi connectivity index (χ0v) is 16.7. The molecule has 0 unspecified atom stereocenters. The molecule has 0 saturated heterocycles. The Balaban J connectivity index is 1.98. The summed E-state index contributed by atoms with van der Waals surface area (Å²) in [5.74, 6) is 0.329. The smallest absolute Gasteiger partial charge is 0.258 e. The fraction of sp³-hybridized carbons (Fsp3) is 0.632. The van der Waals surface area contributed by atoms with E-state index in [2.05, 4.69) is 10.0 Å². The van der Waals surface area contributed by atoms with Crippen molar-refractivity contribution >= 4 is 15.9 Å². The van der Waals surface area contributed by atoms with Crippen molar-refractivity contribution in [3.8, 4) is 5.75 Å². The standard InChI is InChI=1S/C19H30N2O4S/c1-4-15(3)20-19(22)13-25-18-11-10-17(12-14(18)2)26(23,24)21-16-8-6-5-7-9-16/h10-12,15-16,21H,4-9,13H2,1-3H3,(H,20,22)/t15-/m0/s1. The highest BCUT2D eigenvalue weighted by Crippen LogP contribution is 2.24. The molecule has 146 valence electrons. The highest BCUT2D eigenvalue weighted by Gasteiger charge is 2.22. The van der Waals surface area contributed by atoms with E-state index in [1.807, 2.05) is 13.8 Å². The predicted molar refractivity (Wildman–Crippen MR) is 102 cm³/mol. The molecule has 0 aromatic heterocycles. The Morgan fingerprint density at radius 2 is 1.96 bits per heavy atom. The minimum Gasteiger partial charge on any atom is -0.484 e. The van der Waals surface area contributed by atoms with E-state index in [4.69, 9.17) is 4.74 Å². The van der Waals surface area contributed by atoms with Gasteiger partial charge in [-0.25, -0.2) is 13.1 Å². The van der Waals surface area contributed by atoms with Gasteiger partial charge < -0.3 is 10.1 Å². The monoisotopic (exact) mass is 382 g/mol. The molecule has 0 bridgehead atoms. The van der Waals surface area contributed by atoms with Crippen molar-refractivity contribution in [1.29, 1.82) is 0 Å². The van der Waals surface area contributed by atoms with E-state index in [0.717, 1.165) is 32.1 Å². The van der Waals surface area contributed by atoms with Crippen molar-refractivity contribution in [3.05, 3.63) is 23.8 Å². The maximum absolute atomic E-state index is 12.6. The normalized spacial score (nSPS) is 16.9. The minimum atomic E-state index is -3.53. The van der Waals surface area contributed by atoms with E-state index in [9.17, 15) is 13.2 Å². The lowest BCUT2D eigenvalue weighted by atomic mass is 9.96. The van der Waals surface area contributed by atoms with E-state index in [-0.39, 0.29) is 29.5 Å². The largest absolute Gasteiger partial charge is 0.484 e. The summed E-state index contributed by atoms with van der Waals surface area (Å²) in [5, 5.41) is 2.83. The van der Waals surface area contributed by atoms with Crippen molar-refractivity contribution in [2.45, 2.75) is 76.3 Å². The summed E-state index contributed by atoms with van der Waals surface area (Å²) in [6, 6.07) is 4.86. The third kappa shape index (κ3) is 5.99. The van der Waals surface area contributed by atoms with Gasteiger partial charge in [-0.15, -0.1) is 0 Å². The maximum atomic E-state index is 12.6. The van der Waals surface area contributed by atoms with Crippen LogP contribution in [0.5, 0.6) is 5.75 Å². The summed E-state index contributed by atoms with van der Waals surface area (Å²) < 4.78 is 33.5. The molecule has 1 fully saturated rings. The molecular weight excluding hydrogens is 352 g/mol. The first-order valence-electron chi connectivity index (χ1n) is 9.37. The SMILES string of the molecule is CC[C@H](C)NC(=O)COc1ccc(S(=O)(=O)NC2CCCCC2)cc1C. The van der Waals surface area contributed by atoms with Gasteiger partial charge in [-0.3, -0.25) is 4.79 Å². The van der Waals surface area contributed by atoms with E-state index < -0.39 is 10.0 Å². The van der Waals surface area contributed by atoms with Crippen LogP contribution in [0.4, 0.5) is 0 Å². The number of hydrogen-bond acceptors (Lipinski definition) is 4. The predicted octanol–water partition coefficient (Wildman–Crippen LogP) is 2.90. The third-order valence-electron chi connectivity index (χ3n) is 4.76. The van der Waals surface area contributed by atoms with Gasteiger partial charge >= 0.3 is 0 Å². The number of benzene rings is 1. The Bertz CT molecular complexity index is 712. The average Bonchev–Trinajstić information content (AvgIpc) is 2.61. The summed E-state index contributed by atoms with van der Waals surface area (Å²) in [7, 11) is -3.53. The number of amides is 1. The fourth-order valence-corrected chi connectivity index (χ4v) is 4.41. The molecule has 6 nitrogen and oxygen atoms in total. The van der Waals surface area contributed by atoms with Gasteiger partial charge in [0.15, 0.2) is 6.61 Å². The summed E-state index contributed by atoms with van der Waals surface area (Å²) >= 11 is 0. The van der Waals surface area contributed by atoms with Crippen molar-refractivity contribution in [2.24, 2.45) is 0 Å². The second kappa shape index (κ2) is 9.37. The molecule has 2 rings (SSSR count). The number of carbonyl (C=O) groups excluding carboxylic acids is 1. The number of rotatable bonds is 8. The lowest BCUT2D eigenvalue weighted by molar-refractivity contribution is -0.123. The van der Waals surface area contributed by atoms with Crippen LogP contribution < -0.4 is 14.8 Å². The molecule has 0 spiro atoms. The summed E-state index contributed by atoms with van der Waals surface area (Å²) in [5.41, 5.74) is 0.688. The molecule has 7 heteroatoms. The molecular formula is C19H30N2O4S. The molecule has 0 aliphatic heterocycles. The molecule has 26 heavy (non-hydrogen) atoms. The third-order valence-corrected chi connectivity index (χ3v) is 6.28.